The van der Waals surface area contributed by atoms with E-state index in [1.165, 1.54) is 0 Å². The van der Waals surface area contributed by atoms with Crippen molar-refractivity contribution in [1.29, 1.82) is 5.26 Å². The van der Waals surface area contributed by atoms with Crippen molar-refractivity contribution in [2.75, 3.05) is 0 Å². The summed E-state index contributed by atoms with van der Waals surface area (Å²) in [5.41, 5.74) is 5.21. The van der Waals surface area contributed by atoms with Gasteiger partial charge in [-0.1, -0.05) is 53.6 Å². The van der Waals surface area contributed by atoms with Crippen LogP contribution < -0.4 is 5.56 Å². The number of nitrogens with one attached hydrogen (secondary N) is 1. The predicted octanol–water partition coefficient (Wildman–Crippen LogP) is 4.20. The zero-order chi connectivity index (χ0) is 16.4. The molecule has 3 heteroatoms. The van der Waals surface area contributed by atoms with Gasteiger partial charge < -0.3 is 4.98 Å². The fraction of sp³-hybridized carbons (Fsp3) is 0.100. The molecule has 0 aliphatic rings. The van der Waals surface area contributed by atoms with Crippen molar-refractivity contribution in [1.82, 2.24) is 4.98 Å². The molecule has 0 aliphatic carbocycles. The maximum atomic E-state index is 12.3. The number of benzene rings is 2. The van der Waals surface area contributed by atoms with Gasteiger partial charge in [-0.2, -0.15) is 5.26 Å². The van der Waals surface area contributed by atoms with E-state index < -0.39 is 0 Å². The standard InChI is InChI=1S/C20H16N2O/c1-13-6-8-15(9-7-13)17-11-19(22-20(23)18(17)12-21)16-5-3-4-14(2)10-16/h3-11H,1-2H3,(H,22,23). The summed E-state index contributed by atoms with van der Waals surface area (Å²) in [6.45, 7) is 4.01. The number of pyridine rings is 1. The summed E-state index contributed by atoms with van der Waals surface area (Å²) < 4.78 is 0. The maximum absolute atomic E-state index is 12.3. The van der Waals surface area contributed by atoms with Crippen LogP contribution in [0.1, 0.15) is 16.7 Å². The summed E-state index contributed by atoms with van der Waals surface area (Å²) >= 11 is 0. The van der Waals surface area contributed by atoms with E-state index in [-0.39, 0.29) is 11.1 Å². The molecule has 0 saturated carbocycles. The fourth-order valence-corrected chi connectivity index (χ4v) is 2.60. The third kappa shape index (κ3) is 2.93. The van der Waals surface area contributed by atoms with E-state index in [4.69, 9.17) is 0 Å². The Hall–Kier alpha value is -3.12. The Morgan fingerprint density at radius 2 is 1.65 bits per heavy atom. The van der Waals surface area contributed by atoms with Crippen molar-refractivity contribution in [3.05, 3.63) is 81.6 Å². The Labute approximate surface area is 134 Å². The lowest BCUT2D eigenvalue weighted by molar-refractivity contribution is 1.22. The summed E-state index contributed by atoms with van der Waals surface area (Å²) in [6, 6.07) is 19.6. The molecule has 3 rings (SSSR count). The Bertz CT molecular complexity index is 960. The molecule has 0 aliphatic heterocycles. The topological polar surface area (TPSA) is 56.6 Å². The van der Waals surface area contributed by atoms with E-state index in [2.05, 4.69) is 4.98 Å². The molecule has 0 unspecified atom stereocenters. The van der Waals surface area contributed by atoms with Crippen LogP contribution in [-0.2, 0) is 0 Å². The largest absolute Gasteiger partial charge is 0.321 e. The van der Waals surface area contributed by atoms with Crippen LogP contribution >= 0.6 is 0 Å². The van der Waals surface area contributed by atoms with Crippen molar-refractivity contribution >= 4 is 0 Å². The van der Waals surface area contributed by atoms with Gasteiger partial charge in [0.15, 0.2) is 0 Å². The first-order chi connectivity index (χ1) is 11.1. The van der Waals surface area contributed by atoms with E-state index >= 15 is 0 Å². The van der Waals surface area contributed by atoms with Gasteiger partial charge in [-0.3, -0.25) is 4.79 Å². The third-order valence-corrected chi connectivity index (χ3v) is 3.84. The number of hydrogen-bond donors (Lipinski definition) is 1. The first-order valence-corrected chi connectivity index (χ1v) is 7.40. The Balaban J connectivity index is 2.24. The van der Waals surface area contributed by atoms with Gasteiger partial charge in [0.05, 0.1) is 0 Å². The zero-order valence-electron chi connectivity index (χ0n) is 13.1. The van der Waals surface area contributed by atoms with Gasteiger partial charge in [-0.25, -0.2) is 0 Å². The average molecular weight is 300 g/mol. The van der Waals surface area contributed by atoms with Crippen molar-refractivity contribution in [2.24, 2.45) is 0 Å². The number of H-pyrrole nitrogens is 1. The number of aromatic amines is 1. The third-order valence-electron chi connectivity index (χ3n) is 3.84. The number of aryl methyl sites for hydroxylation is 2. The highest BCUT2D eigenvalue weighted by molar-refractivity contribution is 5.75. The van der Waals surface area contributed by atoms with Crippen LogP contribution in [0, 0.1) is 25.2 Å². The highest BCUT2D eigenvalue weighted by atomic mass is 16.1. The molecular weight excluding hydrogens is 284 g/mol. The minimum Gasteiger partial charge on any atom is -0.321 e. The van der Waals surface area contributed by atoms with Gasteiger partial charge in [-0.05, 0) is 37.1 Å². The number of rotatable bonds is 2. The van der Waals surface area contributed by atoms with E-state index in [1.807, 2.05) is 74.5 Å². The average Bonchev–Trinajstić information content (AvgIpc) is 2.55. The molecular formula is C20H16N2O. The highest BCUT2D eigenvalue weighted by Gasteiger charge is 2.12. The van der Waals surface area contributed by atoms with Crippen LogP contribution in [0.15, 0.2) is 59.4 Å². The maximum Gasteiger partial charge on any atom is 0.266 e. The summed E-state index contributed by atoms with van der Waals surface area (Å²) in [4.78, 5) is 15.1. The monoisotopic (exact) mass is 300 g/mol. The van der Waals surface area contributed by atoms with Crippen LogP contribution in [0.5, 0.6) is 0 Å². The molecule has 0 fully saturated rings. The van der Waals surface area contributed by atoms with Gasteiger partial charge in [-0.15, -0.1) is 0 Å². The molecule has 1 heterocycles. The molecule has 0 bridgehead atoms. The number of nitrogens with zero attached hydrogens (tertiary/aromatic N) is 1. The SMILES string of the molecule is Cc1ccc(-c2cc(-c3cccc(C)c3)[nH]c(=O)c2C#N)cc1. The molecule has 0 radical (unpaired) electrons. The number of aromatic nitrogens is 1. The van der Waals surface area contributed by atoms with Gasteiger partial charge in [0.1, 0.15) is 11.6 Å². The van der Waals surface area contributed by atoms with Gasteiger partial charge >= 0.3 is 0 Å². The predicted molar refractivity (Wildman–Crippen MR) is 92.1 cm³/mol. The highest BCUT2D eigenvalue weighted by Crippen LogP contribution is 2.26. The second-order valence-electron chi connectivity index (χ2n) is 5.65. The summed E-state index contributed by atoms with van der Waals surface area (Å²) in [7, 11) is 0. The van der Waals surface area contributed by atoms with E-state index in [0.717, 1.165) is 22.3 Å². The number of hydrogen-bond acceptors (Lipinski definition) is 2. The van der Waals surface area contributed by atoms with E-state index in [9.17, 15) is 10.1 Å². The molecule has 112 valence electrons. The molecule has 1 N–H and O–H groups in total. The fourth-order valence-electron chi connectivity index (χ4n) is 2.60. The van der Waals surface area contributed by atoms with Crippen LogP contribution in [0.25, 0.3) is 22.4 Å². The van der Waals surface area contributed by atoms with E-state index in [0.29, 0.717) is 11.3 Å². The molecule has 3 aromatic rings. The lowest BCUT2D eigenvalue weighted by Crippen LogP contribution is -2.12. The van der Waals surface area contributed by atoms with Crippen molar-refractivity contribution in [3.8, 4) is 28.5 Å². The molecule has 2 aromatic carbocycles. The Kier molecular flexibility index (Phi) is 3.82. The summed E-state index contributed by atoms with van der Waals surface area (Å²) in [5, 5.41) is 9.35. The van der Waals surface area contributed by atoms with Gasteiger partial charge in [0.2, 0.25) is 0 Å². The first kappa shape index (κ1) is 14.8. The molecule has 3 nitrogen and oxygen atoms in total. The smallest absolute Gasteiger partial charge is 0.266 e. The van der Waals surface area contributed by atoms with Crippen molar-refractivity contribution in [3.63, 3.8) is 0 Å². The van der Waals surface area contributed by atoms with E-state index in [1.54, 1.807) is 0 Å². The van der Waals surface area contributed by atoms with Crippen molar-refractivity contribution < 1.29 is 0 Å². The van der Waals surface area contributed by atoms with Gasteiger partial charge in [0.25, 0.3) is 5.56 Å². The van der Waals surface area contributed by atoms with Crippen LogP contribution in [-0.4, -0.2) is 4.98 Å². The minimum atomic E-state index is -0.359. The summed E-state index contributed by atoms with van der Waals surface area (Å²) in [5.74, 6) is 0. The lowest BCUT2D eigenvalue weighted by Gasteiger charge is -2.09. The molecule has 0 atom stereocenters. The second kappa shape index (κ2) is 5.94. The quantitative estimate of drug-likeness (QED) is 0.771. The van der Waals surface area contributed by atoms with Crippen LogP contribution in [0.2, 0.25) is 0 Å². The number of nitriles is 1. The Morgan fingerprint density at radius 3 is 2.30 bits per heavy atom. The summed E-state index contributed by atoms with van der Waals surface area (Å²) in [6.07, 6.45) is 0. The normalized spacial score (nSPS) is 10.3. The zero-order valence-corrected chi connectivity index (χ0v) is 13.1. The second-order valence-corrected chi connectivity index (χ2v) is 5.65. The van der Waals surface area contributed by atoms with Gasteiger partial charge in [0, 0.05) is 11.3 Å². The molecule has 0 amide bonds. The van der Waals surface area contributed by atoms with Crippen LogP contribution in [0.4, 0.5) is 0 Å². The molecule has 23 heavy (non-hydrogen) atoms. The van der Waals surface area contributed by atoms with Crippen LogP contribution in [0.3, 0.4) is 0 Å². The molecule has 0 spiro atoms. The molecule has 1 aromatic heterocycles. The lowest BCUT2D eigenvalue weighted by atomic mass is 9.98. The molecule has 0 saturated heterocycles. The Morgan fingerprint density at radius 1 is 0.913 bits per heavy atom. The minimum absolute atomic E-state index is 0.144. The van der Waals surface area contributed by atoms with Crippen molar-refractivity contribution in [2.45, 2.75) is 13.8 Å². The first-order valence-electron chi connectivity index (χ1n) is 7.40.